The van der Waals surface area contributed by atoms with Crippen LogP contribution in [-0.4, -0.2) is 16.0 Å². The van der Waals surface area contributed by atoms with Gasteiger partial charge in [0.15, 0.2) is 0 Å². The van der Waals surface area contributed by atoms with Crippen LogP contribution in [0.15, 0.2) is 18.2 Å². The minimum absolute atomic E-state index is 0.0340. The van der Waals surface area contributed by atoms with Crippen molar-refractivity contribution >= 4 is 28.4 Å². The first-order valence-electron chi connectivity index (χ1n) is 4.58. The number of pyridine rings is 1. The van der Waals surface area contributed by atoms with Gasteiger partial charge in [0.25, 0.3) is 5.91 Å². The molecule has 0 saturated carbocycles. The summed E-state index contributed by atoms with van der Waals surface area (Å²) in [6.07, 6.45) is 0. The molecule has 0 saturated heterocycles. The first kappa shape index (κ1) is 10.7. The van der Waals surface area contributed by atoms with Crippen molar-refractivity contribution < 1.29 is 9.90 Å². The van der Waals surface area contributed by atoms with E-state index in [1.807, 2.05) is 6.92 Å². The van der Waals surface area contributed by atoms with E-state index in [0.717, 1.165) is 5.56 Å². The topological polar surface area (TPSA) is 76.2 Å². The highest BCUT2D eigenvalue weighted by molar-refractivity contribution is 6.32. The molecule has 0 unspecified atom stereocenters. The third-order valence-corrected chi connectivity index (χ3v) is 2.73. The van der Waals surface area contributed by atoms with E-state index in [0.29, 0.717) is 15.9 Å². The van der Waals surface area contributed by atoms with Crippen molar-refractivity contribution in [2.45, 2.75) is 6.92 Å². The van der Waals surface area contributed by atoms with Gasteiger partial charge in [-0.1, -0.05) is 11.6 Å². The fourth-order valence-electron chi connectivity index (χ4n) is 1.46. The Bertz CT molecular complexity index is 596. The molecule has 0 fully saturated rings. The van der Waals surface area contributed by atoms with Gasteiger partial charge in [-0.2, -0.15) is 0 Å². The molecular weight excluding hydrogens is 228 g/mol. The summed E-state index contributed by atoms with van der Waals surface area (Å²) in [5, 5.41) is 10.7. The molecule has 2 rings (SSSR count). The number of carbonyl (C=O) groups is 1. The highest BCUT2D eigenvalue weighted by Crippen LogP contribution is 2.29. The van der Waals surface area contributed by atoms with Gasteiger partial charge < -0.3 is 10.8 Å². The number of nitrogens with zero attached hydrogens (tertiary/aromatic N) is 1. The number of amides is 1. The Morgan fingerprint density at radius 3 is 2.75 bits per heavy atom. The molecule has 1 amide bonds. The second kappa shape index (κ2) is 3.64. The third kappa shape index (κ3) is 1.67. The molecule has 0 aliphatic heterocycles. The number of aryl methyl sites for hydroxylation is 1. The van der Waals surface area contributed by atoms with Gasteiger partial charge in [-0.3, -0.25) is 4.79 Å². The molecule has 0 aliphatic carbocycles. The lowest BCUT2D eigenvalue weighted by Crippen LogP contribution is -2.12. The SMILES string of the molecule is Cc1cc2nc(C(N)=O)cc(O)c2cc1Cl. The van der Waals surface area contributed by atoms with Crippen LogP contribution in [0.25, 0.3) is 10.9 Å². The maximum Gasteiger partial charge on any atom is 0.267 e. The predicted octanol–water partition coefficient (Wildman–Crippen LogP) is 2.00. The third-order valence-electron chi connectivity index (χ3n) is 2.32. The molecule has 0 aliphatic rings. The van der Waals surface area contributed by atoms with Gasteiger partial charge in [-0.15, -0.1) is 0 Å². The van der Waals surface area contributed by atoms with Crippen molar-refractivity contribution in [2.75, 3.05) is 0 Å². The van der Waals surface area contributed by atoms with Crippen LogP contribution in [0, 0.1) is 6.92 Å². The molecule has 3 N–H and O–H groups in total. The van der Waals surface area contributed by atoms with Crippen LogP contribution in [0.1, 0.15) is 16.1 Å². The van der Waals surface area contributed by atoms with Crippen molar-refractivity contribution in [1.29, 1.82) is 0 Å². The first-order valence-corrected chi connectivity index (χ1v) is 4.96. The Kier molecular flexibility index (Phi) is 2.44. The Hall–Kier alpha value is -1.81. The molecule has 0 atom stereocenters. The summed E-state index contributed by atoms with van der Waals surface area (Å²) in [5.41, 5.74) is 6.45. The zero-order valence-electron chi connectivity index (χ0n) is 8.49. The lowest BCUT2D eigenvalue weighted by Gasteiger charge is -2.05. The smallest absolute Gasteiger partial charge is 0.267 e. The number of rotatable bonds is 1. The van der Waals surface area contributed by atoms with Crippen LogP contribution in [-0.2, 0) is 0 Å². The maximum atomic E-state index is 11.0. The van der Waals surface area contributed by atoms with E-state index in [1.165, 1.54) is 6.07 Å². The summed E-state index contributed by atoms with van der Waals surface area (Å²) in [4.78, 5) is 15.0. The Labute approximate surface area is 96.7 Å². The lowest BCUT2D eigenvalue weighted by molar-refractivity contribution is 0.0995. The first-order chi connectivity index (χ1) is 7.49. The van der Waals surface area contributed by atoms with Crippen LogP contribution < -0.4 is 5.73 Å². The minimum Gasteiger partial charge on any atom is -0.507 e. The Morgan fingerprint density at radius 1 is 1.44 bits per heavy atom. The van der Waals surface area contributed by atoms with Gasteiger partial charge in [0.05, 0.1) is 5.52 Å². The Morgan fingerprint density at radius 2 is 2.12 bits per heavy atom. The average molecular weight is 237 g/mol. The van der Waals surface area contributed by atoms with Crippen molar-refractivity contribution in [3.63, 3.8) is 0 Å². The molecule has 1 aromatic heterocycles. The van der Waals surface area contributed by atoms with Crippen LogP contribution in [0.2, 0.25) is 5.02 Å². The number of halogens is 1. The molecule has 4 nitrogen and oxygen atoms in total. The summed E-state index contributed by atoms with van der Waals surface area (Å²) in [5.74, 6) is -0.731. The van der Waals surface area contributed by atoms with E-state index >= 15 is 0 Å². The number of aromatic hydroxyl groups is 1. The number of benzene rings is 1. The van der Waals surface area contributed by atoms with E-state index in [-0.39, 0.29) is 11.4 Å². The minimum atomic E-state index is -0.676. The second-order valence-corrected chi connectivity index (χ2v) is 3.92. The van der Waals surface area contributed by atoms with Crippen LogP contribution >= 0.6 is 11.6 Å². The number of hydrogen-bond donors (Lipinski definition) is 2. The van der Waals surface area contributed by atoms with Crippen LogP contribution in [0.3, 0.4) is 0 Å². The summed E-state index contributed by atoms with van der Waals surface area (Å²) >= 11 is 5.93. The van der Waals surface area contributed by atoms with Crippen LogP contribution in [0.5, 0.6) is 5.75 Å². The monoisotopic (exact) mass is 236 g/mol. The highest BCUT2D eigenvalue weighted by Gasteiger charge is 2.10. The number of carbonyl (C=O) groups excluding carboxylic acids is 1. The van der Waals surface area contributed by atoms with Crippen molar-refractivity contribution in [3.05, 3.63) is 34.5 Å². The quantitative estimate of drug-likeness (QED) is 0.795. The largest absolute Gasteiger partial charge is 0.507 e. The van der Waals surface area contributed by atoms with Gasteiger partial charge in [0.2, 0.25) is 0 Å². The number of nitrogens with two attached hydrogens (primary N) is 1. The van der Waals surface area contributed by atoms with E-state index in [4.69, 9.17) is 17.3 Å². The number of aromatic nitrogens is 1. The zero-order chi connectivity index (χ0) is 11.9. The fourth-order valence-corrected chi connectivity index (χ4v) is 1.62. The van der Waals surface area contributed by atoms with Crippen molar-refractivity contribution in [3.8, 4) is 5.75 Å². The molecule has 16 heavy (non-hydrogen) atoms. The van der Waals surface area contributed by atoms with Gasteiger partial charge in [0.1, 0.15) is 11.4 Å². The van der Waals surface area contributed by atoms with Gasteiger partial charge >= 0.3 is 0 Å². The van der Waals surface area contributed by atoms with Crippen molar-refractivity contribution in [2.24, 2.45) is 5.73 Å². The average Bonchev–Trinajstić information content (AvgIpc) is 2.20. The summed E-state index contributed by atoms with van der Waals surface area (Å²) in [6, 6.07) is 4.54. The van der Waals surface area contributed by atoms with E-state index in [1.54, 1.807) is 12.1 Å². The second-order valence-electron chi connectivity index (χ2n) is 3.51. The standard InChI is InChI=1S/C11H9ClN2O2/c1-5-2-8-6(3-7(5)12)10(15)4-9(14-8)11(13)16/h2-4H,1H3,(H2,13,16)(H,14,15). The molecule has 82 valence electrons. The van der Waals surface area contributed by atoms with E-state index in [9.17, 15) is 9.90 Å². The van der Waals surface area contributed by atoms with Gasteiger partial charge in [0, 0.05) is 16.5 Å². The zero-order valence-corrected chi connectivity index (χ0v) is 9.25. The molecule has 5 heteroatoms. The molecule has 1 aromatic carbocycles. The molecule has 1 heterocycles. The summed E-state index contributed by atoms with van der Waals surface area (Å²) < 4.78 is 0. The number of primary amides is 1. The highest BCUT2D eigenvalue weighted by atomic mass is 35.5. The number of fused-ring (bicyclic) bond motifs is 1. The molecule has 0 radical (unpaired) electrons. The molecular formula is C11H9ClN2O2. The predicted molar refractivity (Wildman–Crippen MR) is 61.7 cm³/mol. The fraction of sp³-hybridized carbons (Fsp3) is 0.0909. The van der Waals surface area contributed by atoms with E-state index in [2.05, 4.69) is 4.98 Å². The van der Waals surface area contributed by atoms with Gasteiger partial charge in [-0.05, 0) is 24.6 Å². The molecule has 2 aromatic rings. The molecule has 0 bridgehead atoms. The van der Waals surface area contributed by atoms with Crippen LogP contribution in [0.4, 0.5) is 0 Å². The normalized spacial score (nSPS) is 10.6. The lowest BCUT2D eigenvalue weighted by atomic mass is 10.1. The maximum absolute atomic E-state index is 11.0. The summed E-state index contributed by atoms with van der Waals surface area (Å²) in [6.45, 7) is 1.82. The number of hydrogen-bond acceptors (Lipinski definition) is 3. The Balaban J connectivity index is 2.82. The van der Waals surface area contributed by atoms with Gasteiger partial charge in [-0.25, -0.2) is 4.98 Å². The van der Waals surface area contributed by atoms with Crippen molar-refractivity contribution in [1.82, 2.24) is 4.98 Å². The summed E-state index contributed by atoms with van der Waals surface area (Å²) in [7, 11) is 0. The van der Waals surface area contributed by atoms with E-state index < -0.39 is 5.91 Å². The molecule has 0 spiro atoms.